The number of halogens is 1. The molecule has 116 valence electrons. The van der Waals surface area contributed by atoms with Gasteiger partial charge in [0.15, 0.2) is 0 Å². The van der Waals surface area contributed by atoms with Crippen LogP contribution < -0.4 is 4.72 Å². The maximum Gasteiger partial charge on any atom is 0.304 e. The highest BCUT2D eigenvalue weighted by Gasteiger charge is 2.21. The highest BCUT2D eigenvalue weighted by molar-refractivity contribution is 7.89. The van der Waals surface area contributed by atoms with Gasteiger partial charge in [0, 0.05) is 25.3 Å². The Morgan fingerprint density at radius 3 is 2.81 bits per heavy atom. The number of nitro benzene ring substituents is 1. The lowest BCUT2D eigenvalue weighted by atomic mass is 10.2. The van der Waals surface area contributed by atoms with E-state index in [2.05, 4.69) is 4.72 Å². The van der Waals surface area contributed by atoms with Crippen LogP contribution in [-0.4, -0.2) is 32.6 Å². The first-order valence-corrected chi connectivity index (χ1v) is 7.93. The molecule has 1 aliphatic rings. The Hall–Kier alpha value is -1.58. The number of nitrogens with one attached hydrogen (secondary N) is 1. The molecule has 0 aromatic heterocycles. The van der Waals surface area contributed by atoms with Gasteiger partial charge in [0.05, 0.1) is 15.9 Å². The number of rotatable bonds is 6. The van der Waals surface area contributed by atoms with Crippen molar-refractivity contribution in [3.05, 3.63) is 34.1 Å². The van der Waals surface area contributed by atoms with E-state index in [1.165, 1.54) is 0 Å². The highest BCUT2D eigenvalue weighted by Crippen LogP contribution is 2.21. The number of nitrogens with zero attached hydrogens (tertiary/aromatic N) is 1. The van der Waals surface area contributed by atoms with Crippen molar-refractivity contribution in [2.75, 3.05) is 13.2 Å². The van der Waals surface area contributed by atoms with Gasteiger partial charge in [-0.1, -0.05) is 0 Å². The molecule has 0 saturated carbocycles. The molecule has 1 atom stereocenters. The van der Waals surface area contributed by atoms with Crippen molar-refractivity contribution in [3.63, 3.8) is 0 Å². The van der Waals surface area contributed by atoms with Gasteiger partial charge in [-0.25, -0.2) is 13.1 Å². The van der Waals surface area contributed by atoms with Crippen LogP contribution in [0, 0.1) is 15.9 Å². The first-order chi connectivity index (χ1) is 9.90. The number of nitro groups is 1. The molecule has 0 spiro atoms. The smallest absolute Gasteiger partial charge is 0.304 e. The van der Waals surface area contributed by atoms with E-state index < -0.39 is 26.5 Å². The highest BCUT2D eigenvalue weighted by atomic mass is 32.2. The van der Waals surface area contributed by atoms with Gasteiger partial charge in [0.1, 0.15) is 0 Å². The van der Waals surface area contributed by atoms with Crippen molar-refractivity contribution in [2.45, 2.75) is 30.3 Å². The fourth-order valence-corrected chi connectivity index (χ4v) is 3.17. The molecule has 0 radical (unpaired) electrons. The fourth-order valence-electron chi connectivity index (χ4n) is 2.11. The van der Waals surface area contributed by atoms with Crippen LogP contribution in [0.1, 0.15) is 19.3 Å². The number of hydrogen-bond acceptors (Lipinski definition) is 5. The van der Waals surface area contributed by atoms with E-state index in [0.717, 1.165) is 25.0 Å². The molecule has 1 aromatic carbocycles. The Morgan fingerprint density at radius 1 is 1.48 bits per heavy atom. The SMILES string of the molecule is O=[N+]([O-])c1ccc(S(=O)(=O)NCCC2CCCO2)cc1F. The van der Waals surface area contributed by atoms with Crippen LogP contribution in [0.2, 0.25) is 0 Å². The maximum absolute atomic E-state index is 13.4. The van der Waals surface area contributed by atoms with Gasteiger partial charge in [0.2, 0.25) is 15.8 Å². The minimum absolute atomic E-state index is 0.0429. The third kappa shape index (κ3) is 3.96. The van der Waals surface area contributed by atoms with E-state index in [9.17, 15) is 22.9 Å². The van der Waals surface area contributed by atoms with Crippen LogP contribution in [0.5, 0.6) is 0 Å². The van der Waals surface area contributed by atoms with E-state index in [1.54, 1.807) is 0 Å². The summed E-state index contributed by atoms with van der Waals surface area (Å²) in [7, 11) is -3.89. The third-order valence-corrected chi connectivity index (χ3v) is 4.67. The summed E-state index contributed by atoms with van der Waals surface area (Å²) in [4.78, 5) is 9.25. The zero-order chi connectivity index (χ0) is 15.5. The van der Waals surface area contributed by atoms with Crippen LogP contribution in [0.25, 0.3) is 0 Å². The lowest BCUT2D eigenvalue weighted by molar-refractivity contribution is -0.387. The Morgan fingerprint density at radius 2 is 2.24 bits per heavy atom. The molecule has 0 amide bonds. The number of ether oxygens (including phenoxy) is 1. The molecule has 1 fully saturated rings. The van der Waals surface area contributed by atoms with Crippen molar-refractivity contribution in [1.29, 1.82) is 0 Å². The van der Waals surface area contributed by atoms with Gasteiger partial charge in [-0.3, -0.25) is 10.1 Å². The molecule has 9 heteroatoms. The largest absolute Gasteiger partial charge is 0.378 e. The molecule has 21 heavy (non-hydrogen) atoms. The topological polar surface area (TPSA) is 98.5 Å². The summed E-state index contributed by atoms with van der Waals surface area (Å²) in [6.45, 7) is 0.858. The van der Waals surface area contributed by atoms with Gasteiger partial charge in [-0.15, -0.1) is 0 Å². The molecule has 1 N–H and O–H groups in total. The molecule has 1 unspecified atom stereocenters. The minimum atomic E-state index is -3.89. The molecule has 1 aliphatic heterocycles. The Kier molecular flexibility index (Phi) is 4.86. The molecule has 0 bridgehead atoms. The lowest BCUT2D eigenvalue weighted by Crippen LogP contribution is -2.27. The summed E-state index contributed by atoms with van der Waals surface area (Å²) >= 11 is 0. The zero-order valence-electron chi connectivity index (χ0n) is 11.1. The molecule has 1 saturated heterocycles. The molecule has 1 aromatic rings. The molecule has 2 rings (SSSR count). The Balaban J connectivity index is 2.01. The second-order valence-electron chi connectivity index (χ2n) is 4.69. The molecular weight excluding hydrogens is 303 g/mol. The summed E-state index contributed by atoms with van der Waals surface area (Å²) in [6, 6.07) is 2.49. The summed E-state index contributed by atoms with van der Waals surface area (Å²) in [5.41, 5.74) is -0.756. The standard InChI is InChI=1S/C12H15FN2O5S/c13-11-8-10(3-4-12(11)15(16)17)21(18,19)14-6-5-9-2-1-7-20-9/h3-4,8-9,14H,1-2,5-7H2. The first kappa shape index (κ1) is 15.8. The quantitative estimate of drug-likeness (QED) is 0.634. The van der Waals surface area contributed by atoms with Crippen molar-refractivity contribution in [3.8, 4) is 0 Å². The summed E-state index contributed by atoms with van der Waals surface area (Å²) in [6.07, 6.45) is 2.44. The lowest BCUT2D eigenvalue weighted by Gasteiger charge is -2.10. The predicted molar refractivity (Wildman–Crippen MR) is 71.8 cm³/mol. The van der Waals surface area contributed by atoms with Crippen molar-refractivity contribution >= 4 is 15.7 Å². The van der Waals surface area contributed by atoms with Crippen LogP contribution in [-0.2, 0) is 14.8 Å². The van der Waals surface area contributed by atoms with Crippen LogP contribution in [0.4, 0.5) is 10.1 Å². The molecular formula is C12H15FN2O5S. The minimum Gasteiger partial charge on any atom is -0.378 e. The second-order valence-corrected chi connectivity index (χ2v) is 6.46. The van der Waals surface area contributed by atoms with Crippen molar-refractivity contribution in [1.82, 2.24) is 4.72 Å². The van der Waals surface area contributed by atoms with Gasteiger partial charge < -0.3 is 4.74 Å². The van der Waals surface area contributed by atoms with Gasteiger partial charge in [0.25, 0.3) is 0 Å². The summed E-state index contributed by atoms with van der Waals surface area (Å²) < 4.78 is 45.0. The normalized spacial score (nSPS) is 18.8. The average Bonchev–Trinajstić information content (AvgIpc) is 2.91. The summed E-state index contributed by atoms with van der Waals surface area (Å²) in [5, 5.41) is 10.5. The van der Waals surface area contributed by atoms with Crippen LogP contribution >= 0.6 is 0 Å². The predicted octanol–water partition coefficient (Wildman–Crippen LogP) is 1.58. The van der Waals surface area contributed by atoms with Gasteiger partial charge in [-0.2, -0.15) is 4.39 Å². The zero-order valence-corrected chi connectivity index (χ0v) is 11.9. The van der Waals surface area contributed by atoms with E-state index >= 15 is 0 Å². The van der Waals surface area contributed by atoms with Crippen molar-refractivity contribution in [2.24, 2.45) is 0 Å². The Bertz CT molecular complexity index is 629. The van der Waals surface area contributed by atoms with Gasteiger partial charge >= 0.3 is 5.69 Å². The Labute approximate surface area is 121 Å². The number of hydrogen-bond donors (Lipinski definition) is 1. The monoisotopic (exact) mass is 318 g/mol. The second kappa shape index (κ2) is 6.46. The number of benzene rings is 1. The summed E-state index contributed by atoms with van der Waals surface area (Å²) in [5.74, 6) is -1.18. The third-order valence-electron chi connectivity index (χ3n) is 3.21. The van der Waals surface area contributed by atoms with E-state index in [0.29, 0.717) is 19.1 Å². The van der Waals surface area contributed by atoms with E-state index in [4.69, 9.17) is 4.74 Å². The molecule has 0 aliphatic carbocycles. The average molecular weight is 318 g/mol. The van der Waals surface area contributed by atoms with Crippen molar-refractivity contribution < 1.29 is 22.5 Å². The first-order valence-electron chi connectivity index (χ1n) is 6.45. The number of sulfonamides is 1. The van der Waals surface area contributed by atoms with E-state index in [1.807, 2.05) is 0 Å². The van der Waals surface area contributed by atoms with Crippen LogP contribution in [0.15, 0.2) is 23.1 Å². The molecule has 7 nitrogen and oxygen atoms in total. The van der Waals surface area contributed by atoms with Crippen LogP contribution in [0.3, 0.4) is 0 Å². The molecule has 1 heterocycles. The van der Waals surface area contributed by atoms with Gasteiger partial charge in [-0.05, 0) is 25.3 Å². The fraction of sp³-hybridized carbons (Fsp3) is 0.500. The van der Waals surface area contributed by atoms with E-state index in [-0.39, 0.29) is 17.5 Å². The maximum atomic E-state index is 13.4.